The van der Waals surface area contributed by atoms with E-state index in [2.05, 4.69) is 361 Å². The molecular weight excluding hydrogens is 1270 g/mol. The Balaban J connectivity index is 1.15. The zero-order chi connectivity index (χ0) is 72.5. The van der Waals surface area contributed by atoms with Gasteiger partial charge in [-0.25, -0.2) is 0 Å². The Morgan fingerprint density at radius 2 is 0.423 bits per heavy atom. The second kappa shape index (κ2) is 25.5. The van der Waals surface area contributed by atoms with E-state index in [1.165, 1.54) is 22.3 Å². The van der Waals surface area contributed by atoms with Gasteiger partial charge in [-0.2, -0.15) is 0 Å². The molecule has 0 saturated carbocycles. The number of hydrogen-bond donors (Lipinski definition) is 0. The van der Waals surface area contributed by atoms with Gasteiger partial charge in [-0.3, -0.25) is 0 Å². The molecule has 104 heavy (non-hydrogen) atoms. The minimum absolute atomic E-state index is 0.102. The monoisotopic (exact) mass is 1370 g/mol. The summed E-state index contributed by atoms with van der Waals surface area (Å²) >= 11 is 0. The molecule has 0 atom stereocenters. The van der Waals surface area contributed by atoms with Crippen molar-refractivity contribution in [2.24, 2.45) is 0 Å². The molecule has 0 aliphatic carbocycles. The van der Waals surface area contributed by atoms with Gasteiger partial charge in [-0.05, 0) is 153 Å². The highest BCUT2D eigenvalue weighted by Crippen LogP contribution is 2.59. The maximum Gasteiger partial charge on any atom is 0.136 e. The number of nitrogens with zero attached hydrogens (tertiary/aromatic N) is 4. The quantitative estimate of drug-likeness (QED) is 0.0887. The number of para-hydroxylation sites is 4. The second-order valence-corrected chi connectivity index (χ2v) is 32.3. The van der Waals surface area contributed by atoms with Gasteiger partial charge in [-0.15, -0.1) is 0 Å². The molecule has 0 amide bonds. The van der Waals surface area contributed by atoms with Crippen molar-refractivity contribution in [3.63, 3.8) is 0 Å². The number of fused-ring (bicyclic) bond motifs is 4. The molecule has 12 aromatic carbocycles. The summed E-state index contributed by atoms with van der Waals surface area (Å²) in [5.41, 5.74) is 20.0. The molecule has 4 aromatic heterocycles. The van der Waals surface area contributed by atoms with Crippen molar-refractivity contribution in [2.75, 3.05) is 19.6 Å². The molecule has 0 fully saturated rings. The molecule has 0 radical (unpaired) electrons. The Hall–Kier alpha value is -11.0. The van der Waals surface area contributed by atoms with Crippen LogP contribution in [-0.2, 0) is 47.3 Å². The zero-order valence-corrected chi connectivity index (χ0v) is 63.2. The number of furan rings is 4. The van der Waals surface area contributed by atoms with Crippen molar-refractivity contribution in [3.05, 3.63) is 276 Å². The third-order valence-corrected chi connectivity index (χ3v) is 21.5. The largest absolute Gasteiger partial charge is 0.459 e. The van der Waals surface area contributed by atoms with Gasteiger partial charge in [0.2, 0.25) is 0 Å². The van der Waals surface area contributed by atoms with Gasteiger partial charge < -0.3 is 37.3 Å². The van der Waals surface area contributed by atoms with Crippen LogP contribution in [0.4, 0.5) is 68.2 Å². The van der Waals surface area contributed by atoms with Crippen molar-refractivity contribution in [1.82, 2.24) is 0 Å². The van der Waals surface area contributed by atoms with Crippen LogP contribution in [0.2, 0.25) is 0 Å². The maximum absolute atomic E-state index is 7.10. The van der Waals surface area contributed by atoms with E-state index in [0.29, 0.717) is 25.7 Å². The zero-order valence-electron chi connectivity index (χ0n) is 63.2. The first kappa shape index (κ1) is 67.5. The fraction of sp³-hybridized carbons (Fsp3) is 0.250. The highest BCUT2D eigenvalue weighted by molar-refractivity contribution is 6.34. The summed E-state index contributed by atoms with van der Waals surface area (Å²) < 4.78 is 28.4. The van der Waals surface area contributed by atoms with E-state index in [0.717, 1.165) is 167 Å². The molecule has 16 aromatic rings. The fourth-order valence-corrected chi connectivity index (χ4v) is 15.9. The molecule has 16 rings (SSSR count). The van der Waals surface area contributed by atoms with Crippen molar-refractivity contribution < 1.29 is 17.7 Å². The molecule has 522 valence electrons. The minimum atomic E-state index is -0.102. The molecule has 8 heteroatoms. The highest BCUT2D eigenvalue weighted by atomic mass is 16.3. The minimum Gasteiger partial charge on any atom is -0.459 e. The molecule has 0 bridgehead atoms. The van der Waals surface area contributed by atoms with Crippen molar-refractivity contribution in [2.45, 2.75) is 158 Å². The van der Waals surface area contributed by atoms with E-state index >= 15 is 0 Å². The van der Waals surface area contributed by atoms with Gasteiger partial charge in [-0.1, -0.05) is 232 Å². The first-order valence-electron chi connectivity index (χ1n) is 37.4. The standard InChI is InChI=1S/C96H94N4O4/c1-17-79-89(71-29-21-25-33-83(71)101-79)97(63-45-37-59(38-46-63)93(5,6)7)75-57-76(98(64-47-39-60(40-48-64)94(8,9)10)90-72-30-22-26-34-84(72)102-80(90)18-2)68-55-56-70-78(100(66-51-43-62(44-52-66)96(14,15)16)92-74-32-24-28-36-86(74)104-82(92)20-4)58-77(69-54-53-67(75)87(68)88(69)70)99(65-49-41-61(42-50-65)95(11,12)13)91-73-31-23-27-35-85(73)103-81(91)19-3/h21-58H,17-20H2,1-16H3. The number of benzene rings is 12. The number of aryl methyl sites for hydroxylation is 4. The topological polar surface area (TPSA) is 65.5 Å². The van der Waals surface area contributed by atoms with Crippen LogP contribution in [0.25, 0.3) is 76.2 Å². The van der Waals surface area contributed by atoms with E-state index in [9.17, 15) is 0 Å². The summed E-state index contributed by atoms with van der Waals surface area (Å²) in [4.78, 5) is 10.1. The lowest BCUT2D eigenvalue weighted by molar-refractivity contribution is 0.557. The van der Waals surface area contributed by atoms with Crippen LogP contribution in [0.3, 0.4) is 0 Å². The van der Waals surface area contributed by atoms with Crippen LogP contribution in [0.5, 0.6) is 0 Å². The molecule has 0 spiro atoms. The van der Waals surface area contributed by atoms with Crippen LogP contribution in [0.15, 0.2) is 248 Å². The lowest BCUT2D eigenvalue weighted by Gasteiger charge is -2.35. The van der Waals surface area contributed by atoms with Crippen molar-refractivity contribution >= 4 is 144 Å². The molecule has 4 heterocycles. The molecule has 0 aliphatic rings. The summed E-state index contributed by atoms with van der Waals surface area (Å²) in [5.74, 6) is 3.58. The van der Waals surface area contributed by atoms with Crippen LogP contribution >= 0.6 is 0 Å². The van der Waals surface area contributed by atoms with Gasteiger partial charge in [0, 0.05) is 102 Å². The smallest absolute Gasteiger partial charge is 0.136 e. The molecule has 0 aliphatic heterocycles. The molecule has 0 N–H and O–H groups in total. The molecule has 0 unspecified atom stereocenters. The van der Waals surface area contributed by atoms with Crippen LogP contribution in [0.1, 0.15) is 156 Å². The average molecular weight is 1370 g/mol. The molecule has 8 nitrogen and oxygen atoms in total. The SMILES string of the molecule is CCc1oc2ccccc2c1N(c1ccc(C(C)(C)C)cc1)c1cc(N(c2ccc(C(C)(C)C)cc2)c2c(CC)oc3ccccc23)c2ccc3c(N(c4ccc(C(C)(C)C)cc4)c4c(CC)oc5ccccc45)cc(N(c4ccc(C(C)(C)C)cc4)c4c(CC)oc5ccccc45)c4ccc1c2c43. The van der Waals surface area contributed by atoms with Gasteiger partial charge in [0.1, 0.15) is 45.4 Å². The fourth-order valence-electron chi connectivity index (χ4n) is 15.9. The predicted molar refractivity (Wildman–Crippen MR) is 440 cm³/mol. The Morgan fingerprint density at radius 1 is 0.231 bits per heavy atom. The number of hydrogen-bond acceptors (Lipinski definition) is 8. The van der Waals surface area contributed by atoms with Crippen LogP contribution in [0, 0.1) is 0 Å². The summed E-state index contributed by atoms with van der Waals surface area (Å²) in [6, 6.07) is 86.0. The summed E-state index contributed by atoms with van der Waals surface area (Å²) in [7, 11) is 0. The van der Waals surface area contributed by atoms with E-state index in [1.807, 2.05) is 0 Å². The van der Waals surface area contributed by atoms with E-state index in [4.69, 9.17) is 17.7 Å². The first-order valence-corrected chi connectivity index (χ1v) is 37.4. The third-order valence-electron chi connectivity index (χ3n) is 21.5. The third kappa shape index (κ3) is 11.3. The Bertz CT molecular complexity index is 5170. The van der Waals surface area contributed by atoms with Gasteiger partial charge >= 0.3 is 0 Å². The lowest BCUT2D eigenvalue weighted by atomic mass is 9.86. The number of anilines is 12. The maximum atomic E-state index is 7.10. The normalized spacial score (nSPS) is 12.6. The average Bonchev–Trinajstić information content (AvgIpc) is 0.890. The predicted octanol–water partition coefficient (Wildman–Crippen LogP) is 28.9. The summed E-state index contributed by atoms with van der Waals surface area (Å²) in [6.45, 7) is 36.4. The van der Waals surface area contributed by atoms with Crippen LogP contribution in [-0.4, -0.2) is 0 Å². The van der Waals surface area contributed by atoms with E-state index < -0.39 is 0 Å². The highest BCUT2D eigenvalue weighted by Gasteiger charge is 2.36. The van der Waals surface area contributed by atoms with Crippen LogP contribution < -0.4 is 19.6 Å². The van der Waals surface area contributed by atoms with Gasteiger partial charge in [0.05, 0.1) is 45.5 Å². The lowest BCUT2D eigenvalue weighted by Crippen LogP contribution is -2.18. The Kier molecular flexibility index (Phi) is 16.5. The number of rotatable bonds is 16. The second-order valence-electron chi connectivity index (χ2n) is 32.3. The summed E-state index contributed by atoms with van der Waals surface area (Å²) in [5, 5.41) is 10.6. The van der Waals surface area contributed by atoms with Crippen molar-refractivity contribution in [3.8, 4) is 0 Å². The van der Waals surface area contributed by atoms with Gasteiger partial charge in [0.15, 0.2) is 0 Å². The molecule has 0 saturated heterocycles. The van der Waals surface area contributed by atoms with E-state index in [-0.39, 0.29) is 21.7 Å². The van der Waals surface area contributed by atoms with Gasteiger partial charge in [0.25, 0.3) is 0 Å². The van der Waals surface area contributed by atoms with E-state index in [1.54, 1.807) is 0 Å². The molecular formula is C96H94N4O4. The Labute approximate surface area is 612 Å². The Morgan fingerprint density at radius 3 is 0.606 bits per heavy atom. The van der Waals surface area contributed by atoms with Crippen molar-refractivity contribution in [1.29, 1.82) is 0 Å². The first-order chi connectivity index (χ1) is 49.9. The summed E-state index contributed by atoms with van der Waals surface area (Å²) in [6.07, 6.45) is 2.62.